The summed E-state index contributed by atoms with van der Waals surface area (Å²) in [7, 11) is 0. The third kappa shape index (κ3) is 11.2. The summed E-state index contributed by atoms with van der Waals surface area (Å²) in [6, 6.07) is 7.90. The van der Waals surface area contributed by atoms with Crippen LogP contribution in [0.2, 0.25) is 0 Å². The third-order valence-corrected chi connectivity index (χ3v) is 4.63. The summed E-state index contributed by atoms with van der Waals surface area (Å²) < 4.78 is 0. The van der Waals surface area contributed by atoms with E-state index in [1.807, 2.05) is 12.1 Å². The van der Waals surface area contributed by atoms with Gasteiger partial charge in [-0.1, -0.05) is 76.8 Å². The Morgan fingerprint density at radius 1 is 0.870 bits per heavy atom. The number of nitrogens with two attached hydrogens (primary N) is 1. The highest BCUT2D eigenvalue weighted by Crippen LogP contribution is 2.15. The quantitative estimate of drug-likeness (QED) is 0.415. The molecule has 3 N–H and O–H groups in total. The van der Waals surface area contributed by atoms with Crippen LogP contribution in [-0.2, 0) is 6.42 Å². The Morgan fingerprint density at radius 3 is 2.13 bits per heavy atom. The van der Waals surface area contributed by atoms with Gasteiger partial charge in [-0.15, -0.1) is 0 Å². The van der Waals surface area contributed by atoms with Crippen LogP contribution in [0, 0.1) is 0 Å². The van der Waals surface area contributed by atoms with Crippen molar-refractivity contribution in [1.82, 2.24) is 0 Å². The Kier molecular flexibility index (Phi) is 11.7. The standard InChI is InChI=1S/C21H37NO/c1-2-3-4-5-6-7-8-9-10-15-20(22)16-11-13-19-14-12-17-21(23)18-19/h12,14,17-18,20,23H,2-11,13,15-16,22H2,1H3. The maximum Gasteiger partial charge on any atom is 0.115 e. The largest absolute Gasteiger partial charge is 0.508 e. The summed E-state index contributed by atoms with van der Waals surface area (Å²) in [4.78, 5) is 0. The minimum absolute atomic E-state index is 0.344. The van der Waals surface area contributed by atoms with Crippen LogP contribution in [0.5, 0.6) is 5.75 Å². The van der Waals surface area contributed by atoms with Crippen molar-refractivity contribution in [3.63, 3.8) is 0 Å². The number of hydrogen-bond donors (Lipinski definition) is 2. The summed E-state index contributed by atoms with van der Waals surface area (Å²) in [6.45, 7) is 2.27. The van der Waals surface area contributed by atoms with Gasteiger partial charge in [-0.05, 0) is 43.4 Å². The average molecular weight is 320 g/mol. The van der Waals surface area contributed by atoms with Crippen molar-refractivity contribution >= 4 is 0 Å². The number of aromatic hydroxyl groups is 1. The molecule has 0 aliphatic carbocycles. The second kappa shape index (κ2) is 13.4. The lowest BCUT2D eigenvalue weighted by Gasteiger charge is -2.11. The molecule has 0 saturated heterocycles. The molecule has 2 heteroatoms. The number of hydrogen-bond acceptors (Lipinski definition) is 2. The molecule has 0 fully saturated rings. The number of phenols is 1. The molecule has 0 saturated carbocycles. The summed E-state index contributed by atoms with van der Waals surface area (Å²) in [6.07, 6.45) is 16.8. The number of aryl methyl sites for hydroxylation is 1. The van der Waals surface area contributed by atoms with E-state index in [0.29, 0.717) is 11.8 Å². The van der Waals surface area contributed by atoms with Gasteiger partial charge in [0.2, 0.25) is 0 Å². The highest BCUT2D eigenvalue weighted by molar-refractivity contribution is 5.27. The number of unbranched alkanes of at least 4 members (excludes halogenated alkanes) is 8. The summed E-state index contributed by atoms with van der Waals surface area (Å²) in [5.41, 5.74) is 7.42. The smallest absolute Gasteiger partial charge is 0.115 e. The third-order valence-electron chi connectivity index (χ3n) is 4.63. The number of benzene rings is 1. The molecule has 0 aromatic heterocycles. The van der Waals surface area contributed by atoms with Gasteiger partial charge in [0.15, 0.2) is 0 Å². The van der Waals surface area contributed by atoms with Crippen LogP contribution in [0.3, 0.4) is 0 Å². The molecule has 23 heavy (non-hydrogen) atoms. The molecule has 1 rings (SSSR count). The van der Waals surface area contributed by atoms with Gasteiger partial charge in [0.05, 0.1) is 0 Å². The van der Waals surface area contributed by atoms with E-state index in [0.717, 1.165) is 25.7 Å². The van der Waals surface area contributed by atoms with Crippen LogP contribution in [-0.4, -0.2) is 11.1 Å². The van der Waals surface area contributed by atoms with E-state index in [1.165, 1.54) is 63.4 Å². The zero-order valence-corrected chi connectivity index (χ0v) is 15.1. The Bertz CT molecular complexity index is 391. The molecule has 0 heterocycles. The monoisotopic (exact) mass is 319 g/mol. The fourth-order valence-electron chi connectivity index (χ4n) is 3.14. The first kappa shape index (κ1) is 20.0. The molecule has 132 valence electrons. The second-order valence-electron chi connectivity index (χ2n) is 6.94. The molecule has 0 amide bonds. The van der Waals surface area contributed by atoms with Crippen molar-refractivity contribution in [1.29, 1.82) is 0 Å². The van der Waals surface area contributed by atoms with Crippen LogP contribution in [0.1, 0.15) is 89.5 Å². The lowest BCUT2D eigenvalue weighted by molar-refractivity contribution is 0.473. The fraction of sp³-hybridized carbons (Fsp3) is 0.714. The SMILES string of the molecule is CCCCCCCCCCCC(N)CCCc1cccc(O)c1. The molecule has 1 aromatic rings. The molecule has 1 unspecified atom stereocenters. The first-order valence-corrected chi connectivity index (χ1v) is 9.76. The topological polar surface area (TPSA) is 46.2 Å². The van der Waals surface area contributed by atoms with Crippen molar-refractivity contribution < 1.29 is 5.11 Å². The van der Waals surface area contributed by atoms with Crippen LogP contribution < -0.4 is 5.73 Å². The van der Waals surface area contributed by atoms with Crippen LogP contribution >= 0.6 is 0 Å². The van der Waals surface area contributed by atoms with Crippen molar-refractivity contribution in [3.05, 3.63) is 29.8 Å². The molecule has 0 spiro atoms. The average Bonchev–Trinajstić information content (AvgIpc) is 2.53. The second-order valence-corrected chi connectivity index (χ2v) is 6.94. The van der Waals surface area contributed by atoms with Gasteiger partial charge in [0.1, 0.15) is 5.75 Å². The lowest BCUT2D eigenvalue weighted by atomic mass is 10.00. The van der Waals surface area contributed by atoms with Crippen molar-refractivity contribution in [2.24, 2.45) is 5.73 Å². The minimum atomic E-state index is 0.344. The van der Waals surface area contributed by atoms with E-state index >= 15 is 0 Å². The molecule has 0 radical (unpaired) electrons. The van der Waals surface area contributed by atoms with Gasteiger partial charge >= 0.3 is 0 Å². The van der Waals surface area contributed by atoms with E-state index in [1.54, 1.807) is 6.07 Å². The van der Waals surface area contributed by atoms with Crippen molar-refractivity contribution in [2.75, 3.05) is 0 Å². The zero-order chi connectivity index (χ0) is 16.8. The predicted molar refractivity (Wildman–Crippen MR) is 101 cm³/mol. The van der Waals surface area contributed by atoms with Crippen LogP contribution in [0.25, 0.3) is 0 Å². The first-order chi connectivity index (χ1) is 11.2. The highest BCUT2D eigenvalue weighted by atomic mass is 16.3. The molecule has 0 aliphatic rings. The Balaban J connectivity index is 1.91. The number of phenolic OH excluding ortho intramolecular Hbond substituents is 1. The van der Waals surface area contributed by atoms with E-state index in [-0.39, 0.29) is 0 Å². The summed E-state index contributed by atoms with van der Waals surface area (Å²) in [5, 5.41) is 9.44. The highest BCUT2D eigenvalue weighted by Gasteiger charge is 2.03. The van der Waals surface area contributed by atoms with Gasteiger partial charge in [0.25, 0.3) is 0 Å². The summed E-state index contributed by atoms with van der Waals surface area (Å²) in [5.74, 6) is 0.362. The molecule has 1 aromatic carbocycles. The van der Waals surface area contributed by atoms with Gasteiger partial charge < -0.3 is 10.8 Å². The van der Waals surface area contributed by atoms with E-state index in [4.69, 9.17) is 5.73 Å². The first-order valence-electron chi connectivity index (χ1n) is 9.76. The van der Waals surface area contributed by atoms with Crippen LogP contribution in [0.4, 0.5) is 0 Å². The molecular weight excluding hydrogens is 282 g/mol. The van der Waals surface area contributed by atoms with Gasteiger partial charge in [-0.25, -0.2) is 0 Å². The van der Waals surface area contributed by atoms with Crippen LogP contribution in [0.15, 0.2) is 24.3 Å². The fourth-order valence-corrected chi connectivity index (χ4v) is 3.14. The van der Waals surface area contributed by atoms with Gasteiger partial charge in [-0.3, -0.25) is 0 Å². The van der Waals surface area contributed by atoms with Gasteiger partial charge in [0, 0.05) is 6.04 Å². The van der Waals surface area contributed by atoms with E-state index in [2.05, 4.69) is 13.0 Å². The Labute approximate surface area is 143 Å². The van der Waals surface area contributed by atoms with E-state index < -0.39 is 0 Å². The summed E-state index contributed by atoms with van der Waals surface area (Å²) >= 11 is 0. The Hall–Kier alpha value is -1.02. The molecule has 0 aliphatic heterocycles. The van der Waals surface area contributed by atoms with Gasteiger partial charge in [-0.2, -0.15) is 0 Å². The maximum atomic E-state index is 9.44. The van der Waals surface area contributed by atoms with Crippen molar-refractivity contribution in [3.8, 4) is 5.75 Å². The van der Waals surface area contributed by atoms with Crippen molar-refractivity contribution in [2.45, 2.75) is 96.4 Å². The predicted octanol–water partition coefficient (Wildman–Crippen LogP) is 5.96. The zero-order valence-electron chi connectivity index (χ0n) is 15.1. The Morgan fingerprint density at radius 2 is 1.48 bits per heavy atom. The molecular formula is C21H37NO. The molecule has 0 bridgehead atoms. The molecule has 1 atom stereocenters. The number of rotatable bonds is 14. The normalized spacial score (nSPS) is 12.4. The van der Waals surface area contributed by atoms with E-state index in [9.17, 15) is 5.11 Å². The lowest BCUT2D eigenvalue weighted by Crippen LogP contribution is -2.19. The maximum absolute atomic E-state index is 9.44. The minimum Gasteiger partial charge on any atom is -0.508 e. The molecule has 2 nitrogen and oxygen atoms in total.